The quantitative estimate of drug-likeness (QED) is 0.621. The van der Waals surface area contributed by atoms with Crippen molar-refractivity contribution >= 4 is 17.2 Å². The number of nitrogens with one attached hydrogen (secondary N) is 1. The summed E-state index contributed by atoms with van der Waals surface area (Å²) in [6.45, 7) is 9.54. The van der Waals surface area contributed by atoms with Gasteiger partial charge in [-0.15, -0.1) is 0 Å². The number of aromatic nitrogens is 2. The van der Waals surface area contributed by atoms with Crippen molar-refractivity contribution in [3.8, 4) is 5.75 Å². The smallest absolute Gasteiger partial charge is 0.132 e. The number of nitrogen functional groups attached to an aromatic ring is 1. The van der Waals surface area contributed by atoms with Gasteiger partial charge in [0, 0.05) is 30.4 Å². The zero-order chi connectivity index (χ0) is 19.6. The molecule has 3 N–H and O–H groups in total. The Kier molecular flexibility index (Phi) is 5.60. The number of nitrogens with zero attached hydrogens (tertiary/aromatic N) is 3. The molecule has 0 amide bonds. The molecule has 144 valence electrons. The zero-order valence-electron chi connectivity index (χ0n) is 16.3. The highest BCUT2D eigenvalue weighted by Gasteiger charge is 2.24. The molecule has 2 aromatic rings. The summed E-state index contributed by atoms with van der Waals surface area (Å²) in [5, 5.41) is 8.61. The second-order valence-electron chi connectivity index (χ2n) is 7.21. The Morgan fingerprint density at radius 2 is 1.93 bits per heavy atom. The molecule has 1 saturated heterocycles. The minimum atomic E-state index is 0.0478. The molecule has 3 rings (SSSR count). The summed E-state index contributed by atoms with van der Waals surface area (Å²) in [6, 6.07) is 7.20. The van der Waals surface area contributed by atoms with Crippen LogP contribution in [0.5, 0.6) is 5.75 Å². The van der Waals surface area contributed by atoms with Gasteiger partial charge in [-0.05, 0) is 45.9 Å². The molecule has 7 heteroatoms. The lowest BCUT2D eigenvalue weighted by atomic mass is 10.0. The number of morpholine rings is 1. The van der Waals surface area contributed by atoms with Crippen LogP contribution in [0.1, 0.15) is 39.0 Å². The van der Waals surface area contributed by atoms with Gasteiger partial charge in [-0.2, -0.15) is 0 Å². The van der Waals surface area contributed by atoms with Gasteiger partial charge in [0.2, 0.25) is 0 Å². The van der Waals surface area contributed by atoms with Crippen molar-refractivity contribution in [2.45, 2.75) is 46.0 Å². The summed E-state index contributed by atoms with van der Waals surface area (Å²) >= 11 is 0. The largest absolute Gasteiger partial charge is 0.491 e. The molecular formula is C20H27N5O2. The predicted octanol–water partition coefficient (Wildman–Crippen LogP) is 2.88. The first kappa shape index (κ1) is 19.1. The van der Waals surface area contributed by atoms with Crippen molar-refractivity contribution < 1.29 is 9.47 Å². The third kappa shape index (κ3) is 4.54. The molecular weight excluding hydrogens is 342 g/mol. The molecule has 7 nitrogen and oxygen atoms in total. The summed E-state index contributed by atoms with van der Waals surface area (Å²) in [4.78, 5) is 10.9. The van der Waals surface area contributed by atoms with Crippen LogP contribution in [-0.2, 0) is 4.74 Å². The molecule has 0 saturated carbocycles. The van der Waals surface area contributed by atoms with Crippen LogP contribution in [0, 0.1) is 5.41 Å². The lowest BCUT2D eigenvalue weighted by Crippen LogP contribution is -2.45. The van der Waals surface area contributed by atoms with Crippen LogP contribution in [0.4, 0.5) is 11.5 Å². The van der Waals surface area contributed by atoms with E-state index in [1.807, 2.05) is 39.8 Å². The van der Waals surface area contributed by atoms with Gasteiger partial charge in [0.05, 0.1) is 29.7 Å². The molecule has 2 atom stereocenters. The van der Waals surface area contributed by atoms with Gasteiger partial charge in [0.25, 0.3) is 0 Å². The second-order valence-corrected chi connectivity index (χ2v) is 7.21. The van der Waals surface area contributed by atoms with E-state index in [1.54, 1.807) is 12.1 Å². The van der Waals surface area contributed by atoms with Crippen LogP contribution in [0.25, 0.3) is 0 Å². The van der Waals surface area contributed by atoms with E-state index in [-0.39, 0.29) is 24.0 Å². The summed E-state index contributed by atoms with van der Waals surface area (Å²) in [5.74, 6) is 1.48. The molecule has 1 fully saturated rings. The summed E-state index contributed by atoms with van der Waals surface area (Å²) in [5.41, 5.74) is 8.00. The topological polar surface area (TPSA) is 97.4 Å². The van der Waals surface area contributed by atoms with Crippen molar-refractivity contribution in [1.82, 2.24) is 9.97 Å². The van der Waals surface area contributed by atoms with Crippen LogP contribution >= 0.6 is 0 Å². The normalized spacial score (nSPS) is 20.0. The van der Waals surface area contributed by atoms with Gasteiger partial charge in [-0.1, -0.05) is 0 Å². The van der Waals surface area contributed by atoms with Crippen molar-refractivity contribution in [2.75, 3.05) is 23.7 Å². The minimum absolute atomic E-state index is 0.0478. The molecule has 27 heavy (non-hydrogen) atoms. The van der Waals surface area contributed by atoms with Gasteiger partial charge < -0.3 is 20.1 Å². The maximum absolute atomic E-state index is 8.61. The van der Waals surface area contributed by atoms with E-state index in [9.17, 15) is 0 Å². The highest BCUT2D eigenvalue weighted by Crippen LogP contribution is 2.24. The maximum atomic E-state index is 8.61. The summed E-state index contributed by atoms with van der Waals surface area (Å²) in [7, 11) is 0. The zero-order valence-corrected chi connectivity index (χ0v) is 16.3. The molecule has 0 unspecified atom stereocenters. The average molecular weight is 369 g/mol. The van der Waals surface area contributed by atoms with E-state index in [0.717, 1.165) is 18.9 Å². The molecule has 0 aliphatic carbocycles. The maximum Gasteiger partial charge on any atom is 0.132 e. The van der Waals surface area contributed by atoms with Gasteiger partial charge >= 0.3 is 0 Å². The molecule has 1 aromatic heterocycles. The Morgan fingerprint density at radius 3 is 2.59 bits per heavy atom. The van der Waals surface area contributed by atoms with Gasteiger partial charge in [-0.3, -0.25) is 5.41 Å². The first-order valence-electron chi connectivity index (χ1n) is 9.21. The fourth-order valence-corrected chi connectivity index (χ4v) is 3.26. The first-order valence-corrected chi connectivity index (χ1v) is 9.21. The molecule has 0 radical (unpaired) electrons. The van der Waals surface area contributed by atoms with Gasteiger partial charge in [0.1, 0.15) is 17.9 Å². The highest BCUT2D eigenvalue weighted by atomic mass is 16.5. The fraction of sp³-hybridized carbons (Fsp3) is 0.450. The van der Waals surface area contributed by atoms with Crippen molar-refractivity contribution in [1.29, 1.82) is 5.41 Å². The van der Waals surface area contributed by atoms with Crippen molar-refractivity contribution in [2.24, 2.45) is 0 Å². The molecule has 1 aliphatic rings. The fourth-order valence-electron chi connectivity index (χ4n) is 3.26. The second kappa shape index (κ2) is 7.92. The third-order valence-electron chi connectivity index (χ3n) is 4.32. The first-order chi connectivity index (χ1) is 12.8. The molecule has 0 bridgehead atoms. The molecule has 2 heterocycles. The van der Waals surface area contributed by atoms with E-state index in [2.05, 4.69) is 14.9 Å². The van der Waals surface area contributed by atoms with Gasteiger partial charge in [-0.25, -0.2) is 9.97 Å². The number of rotatable bonds is 5. The number of nitrogens with two attached hydrogens (primary N) is 1. The monoisotopic (exact) mass is 369 g/mol. The van der Waals surface area contributed by atoms with Crippen molar-refractivity contribution in [3.63, 3.8) is 0 Å². The third-order valence-corrected chi connectivity index (χ3v) is 4.32. The Hall–Kier alpha value is -2.67. The summed E-state index contributed by atoms with van der Waals surface area (Å²) in [6.07, 6.45) is 1.81. The summed E-state index contributed by atoms with van der Waals surface area (Å²) < 4.78 is 11.5. The number of hydrogen-bond donors (Lipinski definition) is 2. The van der Waals surface area contributed by atoms with Crippen LogP contribution in [-0.4, -0.2) is 47.1 Å². The van der Waals surface area contributed by atoms with E-state index in [1.165, 1.54) is 6.33 Å². The Morgan fingerprint density at radius 1 is 1.22 bits per heavy atom. The van der Waals surface area contributed by atoms with Gasteiger partial charge in [0.15, 0.2) is 0 Å². The van der Waals surface area contributed by atoms with E-state index in [4.69, 9.17) is 20.6 Å². The number of hydrogen-bond acceptors (Lipinski definition) is 7. The van der Waals surface area contributed by atoms with Crippen molar-refractivity contribution in [3.05, 3.63) is 41.9 Å². The van der Waals surface area contributed by atoms with Crippen LogP contribution in [0.15, 0.2) is 30.6 Å². The predicted molar refractivity (Wildman–Crippen MR) is 107 cm³/mol. The number of anilines is 2. The minimum Gasteiger partial charge on any atom is -0.491 e. The van der Waals surface area contributed by atoms with E-state index < -0.39 is 0 Å². The van der Waals surface area contributed by atoms with Crippen LogP contribution in [0.2, 0.25) is 0 Å². The van der Waals surface area contributed by atoms with Crippen LogP contribution < -0.4 is 15.4 Å². The number of ether oxygens (including phenoxy) is 2. The average Bonchev–Trinajstić information content (AvgIpc) is 2.61. The highest BCUT2D eigenvalue weighted by molar-refractivity contribution is 6.13. The molecule has 1 aromatic carbocycles. The molecule has 0 spiro atoms. The Labute approximate surface area is 160 Å². The van der Waals surface area contributed by atoms with E-state index >= 15 is 0 Å². The van der Waals surface area contributed by atoms with E-state index in [0.29, 0.717) is 22.7 Å². The Balaban J connectivity index is 1.88. The van der Waals surface area contributed by atoms with Crippen LogP contribution in [0.3, 0.4) is 0 Å². The Bertz CT molecular complexity index is 814. The lowest BCUT2D eigenvalue weighted by molar-refractivity contribution is -0.00546. The SMILES string of the molecule is CC(C)Oc1ccc(N)c(C(=N)c2cc(N3C[C@@H](C)O[C@@H](C)C3)ncn2)c1. The standard InChI is InChI=1S/C20H27N5O2/c1-12(2)26-15-5-6-17(21)16(7-15)20(22)18-8-19(24-11-23-18)25-9-13(3)27-14(4)10-25/h5-8,11-14,22H,9-10,21H2,1-4H3/t13-,14+. The number of benzene rings is 1. The molecule has 1 aliphatic heterocycles. The lowest BCUT2D eigenvalue weighted by Gasteiger charge is -2.36.